The van der Waals surface area contributed by atoms with Crippen molar-refractivity contribution in [3.8, 4) is 0 Å². The van der Waals surface area contributed by atoms with Crippen molar-refractivity contribution in [1.82, 2.24) is 20.4 Å². The van der Waals surface area contributed by atoms with Crippen LogP contribution in [0.2, 0.25) is 5.02 Å². The minimum atomic E-state index is -0.575. The Hall–Kier alpha value is -2.19. The van der Waals surface area contributed by atoms with E-state index in [2.05, 4.69) is 15.5 Å². The molecule has 2 N–H and O–H groups in total. The highest BCUT2D eigenvalue weighted by atomic mass is 35.5. The van der Waals surface area contributed by atoms with Gasteiger partial charge < -0.3 is 15.5 Å². The lowest BCUT2D eigenvalue weighted by Gasteiger charge is -2.37. The van der Waals surface area contributed by atoms with Crippen molar-refractivity contribution in [1.29, 1.82) is 0 Å². The standard InChI is InChI=1S/C21H26ClFN4O3/c22-16-9-13(3-5-17(16)23)20(29)25-14-10-18-21(30)24-11-15(27(18)12-14)4-6-19(28)26-7-1-2-8-26/h3,5,9,14-15,18H,1-2,4,6-8,10-12H2,(H,24,30)(H,25,29). The number of piperazine rings is 1. The molecule has 0 aromatic heterocycles. The summed E-state index contributed by atoms with van der Waals surface area (Å²) in [6, 6.07) is 3.41. The molecule has 1 aromatic rings. The van der Waals surface area contributed by atoms with Gasteiger partial charge in [-0.1, -0.05) is 11.6 Å². The lowest BCUT2D eigenvalue weighted by atomic mass is 10.0. The second-order valence-corrected chi connectivity index (χ2v) is 8.68. The number of rotatable bonds is 5. The summed E-state index contributed by atoms with van der Waals surface area (Å²) in [5, 5.41) is 5.77. The molecule has 0 aliphatic carbocycles. The Labute approximate surface area is 179 Å². The maximum absolute atomic E-state index is 13.3. The van der Waals surface area contributed by atoms with E-state index in [1.165, 1.54) is 12.1 Å². The SMILES string of the molecule is O=C(NC1CC2C(=O)NCC(CCC(=O)N3CCCC3)N2C1)c1ccc(F)c(Cl)c1. The highest BCUT2D eigenvalue weighted by molar-refractivity contribution is 6.31. The lowest BCUT2D eigenvalue weighted by molar-refractivity contribution is -0.131. The zero-order valence-electron chi connectivity index (χ0n) is 16.7. The Balaban J connectivity index is 1.35. The molecule has 3 unspecified atom stereocenters. The normalized spacial score (nSPS) is 26.4. The molecule has 3 heterocycles. The van der Waals surface area contributed by atoms with Crippen LogP contribution in [0.5, 0.6) is 0 Å². The van der Waals surface area contributed by atoms with Crippen molar-refractivity contribution in [3.05, 3.63) is 34.6 Å². The van der Waals surface area contributed by atoms with E-state index in [0.29, 0.717) is 32.4 Å². The fourth-order valence-corrected chi connectivity index (χ4v) is 4.85. The molecule has 0 radical (unpaired) electrons. The van der Waals surface area contributed by atoms with E-state index >= 15 is 0 Å². The molecular formula is C21H26ClFN4O3. The summed E-state index contributed by atoms with van der Waals surface area (Å²) >= 11 is 5.77. The van der Waals surface area contributed by atoms with Gasteiger partial charge in [0.2, 0.25) is 11.8 Å². The summed E-state index contributed by atoms with van der Waals surface area (Å²) in [6.07, 6.45) is 3.79. The minimum absolute atomic E-state index is 0.0429. The highest BCUT2D eigenvalue weighted by Crippen LogP contribution is 2.27. The molecule has 3 aliphatic rings. The monoisotopic (exact) mass is 436 g/mol. The molecule has 3 amide bonds. The fraction of sp³-hybridized carbons (Fsp3) is 0.571. The van der Waals surface area contributed by atoms with E-state index in [1.807, 2.05) is 4.90 Å². The van der Waals surface area contributed by atoms with Crippen LogP contribution in [0.1, 0.15) is 42.5 Å². The molecule has 0 saturated carbocycles. The van der Waals surface area contributed by atoms with Crippen LogP contribution < -0.4 is 10.6 Å². The van der Waals surface area contributed by atoms with Crippen LogP contribution in [-0.4, -0.2) is 71.8 Å². The van der Waals surface area contributed by atoms with Crippen molar-refractivity contribution in [2.75, 3.05) is 26.2 Å². The van der Waals surface area contributed by atoms with Crippen LogP contribution in [0.25, 0.3) is 0 Å². The van der Waals surface area contributed by atoms with Crippen LogP contribution >= 0.6 is 11.6 Å². The Morgan fingerprint density at radius 2 is 2.03 bits per heavy atom. The number of fused-ring (bicyclic) bond motifs is 1. The van der Waals surface area contributed by atoms with E-state index in [9.17, 15) is 18.8 Å². The van der Waals surface area contributed by atoms with Gasteiger partial charge in [-0.3, -0.25) is 19.3 Å². The summed E-state index contributed by atoms with van der Waals surface area (Å²) < 4.78 is 13.3. The first-order chi connectivity index (χ1) is 14.4. The molecular weight excluding hydrogens is 411 g/mol. The first kappa shape index (κ1) is 21.1. The van der Waals surface area contributed by atoms with Gasteiger partial charge in [-0.2, -0.15) is 0 Å². The summed E-state index contributed by atoms with van der Waals surface area (Å²) in [5.41, 5.74) is 0.281. The number of amides is 3. The second kappa shape index (κ2) is 8.89. The van der Waals surface area contributed by atoms with E-state index in [-0.39, 0.29) is 46.4 Å². The van der Waals surface area contributed by atoms with Crippen LogP contribution in [0.4, 0.5) is 4.39 Å². The van der Waals surface area contributed by atoms with Crippen LogP contribution in [-0.2, 0) is 9.59 Å². The molecule has 9 heteroatoms. The van der Waals surface area contributed by atoms with Crippen molar-refractivity contribution in [2.24, 2.45) is 0 Å². The summed E-state index contributed by atoms with van der Waals surface area (Å²) in [4.78, 5) is 41.3. The Morgan fingerprint density at radius 3 is 2.77 bits per heavy atom. The maximum atomic E-state index is 13.3. The Morgan fingerprint density at radius 1 is 1.27 bits per heavy atom. The smallest absolute Gasteiger partial charge is 0.251 e. The van der Waals surface area contributed by atoms with Crippen LogP contribution in [0.15, 0.2) is 18.2 Å². The van der Waals surface area contributed by atoms with Gasteiger partial charge in [-0.05, 0) is 43.9 Å². The van der Waals surface area contributed by atoms with Gasteiger partial charge in [0.05, 0.1) is 11.1 Å². The summed E-state index contributed by atoms with van der Waals surface area (Å²) in [5.74, 6) is -0.783. The van der Waals surface area contributed by atoms with Crippen molar-refractivity contribution < 1.29 is 18.8 Å². The fourth-order valence-electron chi connectivity index (χ4n) is 4.67. The second-order valence-electron chi connectivity index (χ2n) is 8.27. The van der Waals surface area contributed by atoms with Gasteiger partial charge in [0, 0.05) is 50.2 Å². The third kappa shape index (κ3) is 4.44. The number of carbonyl (C=O) groups is 3. The molecule has 1 aromatic carbocycles. The number of carbonyl (C=O) groups excluding carboxylic acids is 3. The van der Waals surface area contributed by atoms with E-state index < -0.39 is 5.82 Å². The zero-order chi connectivity index (χ0) is 21.3. The number of nitrogens with zero attached hydrogens (tertiary/aromatic N) is 2. The molecule has 30 heavy (non-hydrogen) atoms. The topological polar surface area (TPSA) is 81.8 Å². The highest BCUT2D eigenvalue weighted by Gasteiger charge is 2.44. The number of hydrogen-bond acceptors (Lipinski definition) is 4. The zero-order valence-corrected chi connectivity index (χ0v) is 17.5. The van der Waals surface area contributed by atoms with E-state index in [4.69, 9.17) is 11.6 Å². The van der Waals surface area contributed by atoms with Gasteiger partial charge in [0.1, 0.15) is 5.82 Å². The number of halogens is 2. The molecule has 4 rings (SSSR count). The maximum Gasteiger partial charge on any atom is 0.251 e. The Kier molecular flexibility index (Phi) is 6.24. The van der Waals surface area contributed by atoms with Crippen LogP contribution in [0, 0.1) is 5.82 Å². The van der Waals surface area contributed by atoms with Gasteiger partial charge in [-0.15, -0.1) is 0 Å². The summed E-state index contributed by atoms with van der Waals surface area (Å²) in [6.45, 7) is 2.74. The quantitative estimate of drug-likeness (QED) is 0.733. The number of benzene rings is 1. The van der Waals surface area contributed by atoms with Gasteiger partial charge in [-0.25, -0.2) is 4.39 Å². The molecule has 7 nitrogen and oxygen atoms in total. The number of likely N-dealkylation sites (tertiary alicyclic amines) is 1. The first-order valence-electron chi connectivity index (χ1n) is 10.5. The molecule has 0 bridgehead atoms. The van der Waals surface area contributed by atoms with Crippen molar-refractivity contribution in [3.63, 3.8) is 0 Å². The van der Waals surface area contributed by atoms with Gasteiger partial charge in [0.25, 0.3) is 5.91 Å². The molecule has 3 atom stereocenters. The minimum Gasteiger partial charge on any atom is -0.353 e. The molecule has 0 spiro atoms. The average molecular weight is 437 g/mol. The largest absolute Gasteiger partial charge is 0.353 e. The Bertz CT molecular complexity index is 846. The molecule has 3 fully saturated rings. The van der Waals surface area contributed by atoms with Gasteiger partial charge in [0.15, 0.2) is 0 Å². The lowest BCUT2D eigenvalue weighted by Crippen LogP contribution is -2.58. The average Bonchev–Trinajstić information content (AvgIpc) is 3.40. The summed E-state index contributed by atoms with van der Waals surface area (Å²) in [7, 11) is 0. The van der Waals surface area contributed by atoms with Gasteiger partial charge >= 0.3 is 0 Å². The number of hydrogen-bond donors (Lipinski definition) is 2. The van der Waals surface area contributed by atoms with Crippen LogP contribution in [0.3, 0.4) is 0 Å². The third-order valence-corrected chi connectivity index (χ3v) is 6.58. The van der Waals surface area contributed by atoms with Crippen molar-refractivity contribution in [2.45, 2.75) is 50.2 Å². The molecule has 3 aliphatic heterocycles. The molecule has 162 valence electrons. The van der Waals surface area contributed by atoms with Crippen molar-refractivity contribution >= 4 is 29.3 Å². The predicted molar refractivity (Wildman–Crippen MR) is 110 cm³/mol. The van der Waals surface area contributed by atoms with E-state index in [0.717, 1.165) is 32.0 Å². The molecule has 3 saturated heterocycles. The predicted octanol–water partition coefficient (Wildman–Crippen LogP) is 1.55. The van der Waals surface area contributed by atoms with E-state index in [1.54, 1.807) is 0 Å². The first-order valence-corrected chi connectivity index (χ1v) is 10.9. The number of nitrogens with one attached hydrogen (secondary N) is 2. The third-order valence-electron chi connectivity index (χ3n) is 6.29.